The highest BCUT2D eigenvalue weighted by Crippen LogP contribution is 2.34. The zero-order valence-corrected chi connectivity index (χ0v) is 11.0. The minimum absolute atomic E-state index is 0.279. The van der Waals surface area contributed by atoms with Crippen molar-refractivity contribution in [1.82, 2.24) is 0 Å². The first-order valence-electron chi connectivity index (χ1n) is 5.27. The summed E-state index contributed by atoms with van der Waals surface area (Å²) in [6.45, 7) is 0. The second kappa shape index (κ2) is 3.73. The van der Waals surface area contributed by atoms with Crippen molar-refractivity contribution in [3.8, 4) is 0 Å². The third-order valence-electron chi connectivity index (χ3n) is 2.82. The highest BCUT2D eigenvalue weighted by atomic mass is 35.5. The minimum Gasteiger partial charge on any atom is -0.456 e. The van der Waals surface area contributed by atoms with E-state index in [1.165, 1.54) is 6.26 Å². The van der Waals surface area contributed by atoms with Crippen molar-refractivity contribution in [2.45, 2.75) is 4.90 Å². The van der Waals surface area contributed by atoms with E-state index in [1.807, 2.05) is 0 Å². The summed E-state index contributed by atoms with van der Waals surface area (Å²) < 4.78 is 29.2. The lowest BCUT2D eigenvalue weighted by atomic mass is 10.1. The molecule has 0 aliphatic carbocycles. The van der Waals surface area contributed by atoms with Gasteiger partial charge in [-0.3, -0.25) is 0 Å². The first-order chi connectivity index (χ1) is 8.47. The molecule has 0 spiro atoms. The Morgan fingerprint density at radius 3 is 2.61 bits per heavy atom. The van der Waals surface area contributed by atoms with Gasteiger partial charge in [0.1, 0.15) is 11.2 Å². The second-order valence-corrected chi connectivity index (χ2v) is 6.56. The fourth-order valence-corrected chi connectivity index (χ4v) is 3.15. The summed E-state index contributed by atoms with van der Waals surface area (Å²) in [6.07, 6.45) is 1.19. The number of sulfone groups is 1. The molecule has 18 heavy (non-hydrogen) atoms. The van der Waals surface area contributed by atoms with Crippen molar-refractivity contribution in [3.63, 3.8) is 0 Å². The van der Waals surface area contributed by atoms with Gasteiger partial charge < -0.3 is 4.42 Å². The van der Waals surface area contributed by atoms with Gasteiger partial charge in [0.05, 0.1) is 4.90 Å². The van der Waals surface area contributed by atoms with Gasteiger partial charge in [0.15, 0.2) is 9.84 Å². The zero-order valence-electron chi connectivity index (χ0n) is 9.48. The number of halogens is 1. The van der Waals surface area contributed by atoms with Crippen LogP contribution in [0.4, 0.5) is 0 Å². The largest absolute Gasteiger partial charge is 0.456 e. The normalized spacial score (nSPS) is 12.3. The van der Waals surface area contributed by atoms with Gasteiger partial charge in [-0.1, -0.05) is 17.7 Å². The molecule has 92 valence electrons. The maximum atomic E-state index is 11.8. The number of furan rings is 1. The SMILES string of the molecule is CS(=O)(=O)c1cccc2oc3cc(Cl)ccc3c12. The fourth-order valence-electron chi connectivity index (χ4n) is 2.08. The van der Waals surface area contributed by atoms with Crippen molar-refractivity contribution in [2.24, 2.45) is 0 Å². The standard InChI is InChI=1S/C13H9ClO3S/c1-18(15,16)12-4-2-3-10-13(12)9-6-5-8(14)7-11(9)17-10/h2-7H,1H3. The number of hydrogen-bond acceptors (Lipinski definition) is 3. The maximum absolute atomic E-state index is 11.8. The predicted molar refractivity (Wildman–Crippen MR) is 71.8 cm³/mol. The van der Waals surface area contributed by atoms with Crippen LogP contribution < -0.4 is 0 Å². The van der Waals surface area contributed by atoms with Gasteiger partial charge in [-0.05, 0) is 24.3 Å². The molecule has 0 aliphatic heterocycles. The molecule has 0 atom stereocenters. The van der Waals surface area contributed by atoms with Crippen molar-refractivity contribution in [1.29, 1.82) is 0 Å². The molecule has 5 heteroatoms. The van der Waals surface area contributed by atoms with Crippen LogP contribution in [-0.4, -0.2) is 14.7 Å². The van der Waals surface area contributed by atoms with Gasteiger partial charge in [-0.15, -0.1) is 0 Å². The molecule has 0 bridgehead atoms. The Morgan fingerprint density at radius 1 is 1.11 bits per heavy atom. The topological polar surface area (TPSA) is 47.3 Å². The molecule has 0 saturated carbocycles. The third-order valence-corrected chi connectivity index (χ3v) is 4.19. The summed E-state index contributed by atoms with van der Waals surface area (Å²) in [5, 5.41) is 1.93. The lowest BCUT2D eigenvalue weighted by Gasteiger charge is -1.99. The first kappa shape index (κ1) is 11.6. The number of hydrogen-bond donors (Lipinski definition) is 0. The van der Waals surface area contributed by atoms with E-state index in [0.29, 0.717) is 21.6 Å². The first-order valence-corrected chi connectivity index (χ1v) is 7.54. The fraction of sp³-hybridized carbons (Fsp3) is 0.0769. The van der Waals surface area contributed by atoms with E-state index >= 15 is 0 Å². The van der Waals surface area contributed by atoms with E-state index in [0.717, 1.165) is 5.39 Å². The van der Waals surface area contributed by atoms with Crippen molar-refractivity contribution in [3.05, 3.63) is 41.4 Å². The van der Waals surface area contributed by atoms with Crippen molar-refractivity contribution in [2.75, 3.05) is 6.26 Å². The molecule has 0 saturated heterocycles. The van der Waals surface area contributed by atoms with E-state index < -0.39 is 9.84 Å². The van der Waals surface area contributed by atoms with Crippen LogP contribution in [0.5, 0.6) is 0 Å². The van der Waals surface area contributed by atoms with E-state index in [9.17, 15) is 8.42 Å². The van der Waals surface area contributed by atoms with Crippen LogP contribution in [0.3, 0.4) is 0 Å². The van der Waals surface area contributed by atoms with Crippen molar-refractivity contribution < 1.29 is 12.8 Å². The minimum atomic E-state index is -3.29. The Bertz CT molecular complexity index is 862. The summed E-state index contributed by atoms with van der Waals surface area (Å²) in [6, 6.07) is 10.2. The van der Waals surface area contributed by atoms with Gasteiger partial charge in [0, 0.05) is 28.1 Å². The summed E-state index contributed by atoms with van der Waals surface area (Å²) in [5.41, 5.74) is 1.14. The molecule has 3 aromatic rings. The lowest BCUT2D eigenvalue weighted by Crippen LogP contribution is -1.97. The summed E-state index contributed by atoms with van der Waals surface area (Å²) >= 11 is 5.90. The van der Waals surface area contributed by atoms with Gasteiger partial charge in [-0.2, -0.15) is 0 Å². The monoisotopic (exact) mass is 280 g/mol. The maximum Gasteiger partial charge on any atom is 0.176 e. The van der Waals surface area contributed by atoms with Crippen LogP contribution in [0, 0.1) is 0 Å². The molecular formula is C13H9ClO3S. The van der Waals surface area contributed by atoms with Crippen molar-refractivity contribution >= 4 is 43.4 Å². The molecular weight excluding hydrogens is 272 g/mol. The highest BCUT2D eigenvalue weighted by molar-refractivity contribution is 7.91. The third kappa shape index (κ3) is 1.69. The molecule has 0 radical (unpaired) electrons. The van der Waals surface area contributed by atoms with Crippen LogP contribution in [0.2, 0.25) is 5.02 Å². The van der Waals surface area contributed by atoms with Crippen LogP contribution in [0.1, 0.15) is 0 Å². The zero-order chi connectivity index (χ0) is 12.9. The van der Waals surface area contributed by atoms with Gasteiger partial charge in [0.2, 0.25) is 0 Å². The number of fused-ring (bicyclic) bond motifs is 3. The summed E-state index contributed by atoms with van der Waals surface area (Å²) in [5.74, 6) is 0. The Hall–Kier alpha value is -1.52. The van der Waals surface area contributed by atoms with Crippen LogP contribution in [-0.2, 0) is 9.84 Å². The molecule has 2 aromatic carbocycles. The summed E-state index contributed by atoms with van der Waals surface area (Å²) in [7, 11) is -3.29. The van der Waals surface area contributed by atoms with E-state index in [1.54, 1.807) is 36.4 Å². The Balaban J connectivity index is 2.58. The molecule has 0 aliphatic rings. The predicted octanol–water partition coefficient (Wildman–Crippen LogP) is 3.64. The number of rotatable bonds is 1. The summed E-state index contributed by atoms with van der Waals surface area (Å²) in [4.78, 5) is 0.279. The Morgan fingerprint density at radius 2 is 1.89 bits per heavy atom. The van der Waals surface area contributed by atoms with E-state index in [-0.39, 0.29) is 4.90 Å². The average Bonchev–Trinajstić information content (AvgIpc) is 2.64. The molecule has 1 heterocycles. The molecule has 0 fully saturated rings. The second-order valence-electron chi connectivity index (χ2n) is 4.14. The molecule has 0 unspecified atom stereocenters. The molecule has 3 nitrogen and oxygen atoms in total. The van der Waals surface area contributed by atoms with Gasteiger partial charge in [0.25, 0.3) is 0 Å². The van der Waals surface area contributed by atoms with Crippen LogP contribution in [0.15, 0.2) is 45.7 Å². The number of benzene rings is 2. The molecule has 0 amide bonds. The smallest absolute Gasteiger partial charge is 0.176 e. The molecule has 1 aromatic heterocycles. The van der Waals surface area contributed by atoms with Crippen LogP contribution in [0.25, 0.3) is 21.9 Å². The molecule has 3 rings (SSSR count). The quantitative estimate of drug-likeness (QED) is 0.684. The Labute approximate surface area is 109 Å². The van der Waals surface area contributed by atoms with E-state index in [2.05, 4.69) is 0 Å². The molecule has 0 N–H and O–H groups in total. The van der Waals surface area contributed by atoms with E-state index in [4.69, 9.17) is 16.0 Å². The average molecular weight is 281 g/mol. The lowest BCUT2D eigenvalue weighted by molar-refractivity contribution is 0.602. The highest BCUT2D eigenvalue weighted by Gasteiger charge is 2.17. The van der Waals surface area contributed by atoms with Gasteiger partial charge in [-0.25, -0.2) is 8.42 Å². The Kier molecular flexibility index (Phi) is 2.40. The van der Waals surface area contributed by atoms with Crippen LogP contribution >= 0.6 is 11.6 Å². The van der Waals surface area contributed by atoms with Gasteiger partial charge >= 0.3 is 0 Å².